The molecule has 0 spiro atoms. The van der Waals surface area contributed by atoms with Gasteiger partial charge in [-0.15, -0.1) is 0 Å². The molecule has 0 amide bonds. The molecular formula is C14H27NO2. The van der Waals surface area contributed by atoms with E-state index in [0.717, 1.165) is 52.0 Å². The highest BCUT2D eigenvalue weighted by Gasteiger charge is 2.16. The third-order valence-corrected chi connectivity index (χ3v) is 2.95. The minimum Gasteiger partial charge on any atom is -0.501 e. The van der Waals surface area contributed by atoms with E-state index in [2.05, 4.69) is 19.2 Å². The summed E-state index contributed by atoms with van der Waals surface area (Å²) in [4.78, 5) is 0. The Kier molecular flexibility index (Phi) is 8.10. The van der Waals surface area contributed by atoms with Gasteiger partial charge < -0.3 is 14.8 Å². The molecule has 0 aromatic carbocycles. The van der Waals surface area contributed by atoms with Gasteiger partial charge in [-0.3, -0.25) is 0 Å². The largest absolute Gasteiger partial charge is 0.501 e. The van der Waals surface area contributed by atoms with E-state index in [1.54, 1.807) is 0 Å². The van der Waals surface area contributed by atoms with Gasteiger partial charge in [0.05, 0.1) is 12.9 Å². The lowest BCUT2D eigenvalue weighted by molar-refractivity contribution is 0.125. The zero-order chi connectivity index (χ0) is 12.3. The molecule has 1 unspecified atom stereocenters. The van der Waals surface area contributed by atoms with E-state index in [0.29, 0.717) is 6.04 Å². The lowest BCUT2D eigenvalue weighted by atomic mass is 9.99. The first-order chi connectivity index (χ1) is 8.38. The Hall–Kier alpha value is -0.540. The second-order valence-corrected chi connectivity index (χ2v) is 4.57. The molecule has 100 valence electrons. The highest BCUT2D eigenvalue weighted by molar-refractivity contribution is 5.09. The van der Waals surface area contributed by atoms with Gasteiger partial charge >= 0.3 is 0 Å². The molecule has 1 rings (SSSR count). The van der Waals surface area contributed by atoms with Crippen LogP contribution < -0.4 is 5.32 Å². The van der Waals surface area contributed by atoms with Gasteiger partial charge in [-0.1, -0.05) is 13.8 Å². The van der Waals surface area contributed by atoms with Gasteiger partial charge in [0.1, 0.15) is 0 Å². The maximum absolute atomic E-state index is 5.58. The van der Waals surface area contributed by atoms with E-state index in [-0.39, 0.29) is 0 Å². The summed E-state index contributed by atoms with van der Waals surface area (Å²) in [5.41, 5.74) is 1.41. The summed E-state index contributed by atoms with van der Waals surface area (Å²) in [6.07, 6.45) is 7.58. The zero-order valence-electron chi connectivity index (χ0n) is 11.3. The van der Waals surface area contributed by atoms with Gasteiger partial charge in [-0.2, -0.15) is 0 Å². The zero-order valence-corrected chi connectivity index (χ0v) is 11.3. The van der Waals surface area contributed by atoms with Gasteiger partial charge in [0.15, 0.2) is 0 Å². The van der Waals surface area contributed by atoms with Crippen LogP contribution in [0.2, 0.25) is 0 Å². The minimum absolute atomic E-state index is 0.437. The Balaban J connectivity index is 2.33. The number of hydrogen-bond donors (Lipinski definition) is 1. The Bertz CT molecular complexity index is 216. The minimum atomic E-state index is 0.437. The number of ether oxygens (including phenoxy) is 2. The molecule has 0 radical (unpaired) electrons. The van der Waals surface area contributed by atoms with E-state index in [1.165, 1.54) is 12.0 Å². The van der Waals surface area contributed by atoms with Crippen molar-refractivity contribution in [1.82, 2.24) is 5.32 Å². The average molecular weight is 241 g/mol. The van der Waals surface area contributed by atoms with Gasteiger partial charge in [0.25, 0.3) is 0 Å². The second kappa shape index (κ2) is 9.49. The van der Waals surface area contributed by atoms with Crippen LogP contribution in [0.3, 0.4) is 0 Å². The Morgan fingerprint density at radius 1 is 1.35 bits per heavy atom. The van der Waals surface area contributed by atoms with Crippen LogP contribution in [-0.4, -0.2) is 32.4 Å². The lowest BCUT2D eigenvalue weighted by Crippen LogP contribution is -2.33. The topological polar surface area (TPSA) is 30.5 Å². The van der Waals surface area contributed by atoms with Crippen LogP contribution in [0.1, 0.15) is 46.0 Å². The highest BCUT2D eigenvalue weighted by Crippen LogP contribution is 2.18. The molecule has 0 aromatic rings. The third kappa shape index (κ3) is 6.08. The molecule has 3 heteroatoms. The second-order valence-electron chi connectivity index (χ2n) is 4.57. The smallest absolute Gasteiger partial charge is 0.0876 e. The van der Waals surface area contributed by atoms with E-state index >= 15 is 0 Å². The predicted molar refractivity (Wildman–Crippen MR) is 71.1 cm³/mol. The molecule has 0 aromatic heterocycles. The van der Waals surface area contributed by atoms with E-state index < -0.39 is 0 Å². The van der Waals surface area contributed by atoms with Crippen LogP contribution in [0.15, 0.2) is 11.8 Å². The average Bonchev–Trinajstić information content (AvgIpc) is 2.39. The normalized spacial score (nSPS) is 17.4. The maximum atomic E-state index is 5.58. The summed E-state index contributed by atoms with van der Waals surface area (Å²) >= 11 is 0. The SMILES string of the molecule is CCCNC(CCOCCC)C1=COCCC1. The fourth-order valence-corrected chi connectivity index (χ4v) is 2.03. The van der Waals surface area contributed by atoms with Crippen LogP contribution in [0, 0.1) is 0 Å². The van der Waals surface area contributed by atoms with Crippen molar-refractivity contribution in [2.24, 2.45) is 0 Å². The maximum Gasteiger partial charge on any atom is 0.0876 e. The van der Waals surface area contributed by atoms with Crippen LogP contribution in [0.4, 0.5) is 0 Å². The van der Waals surface area contributed by atoms with Crippen LogP contribution in [0.25, 0.3) is 0 Å². The molecular weight excluding hydrogens is 214 g/mol. The number of nitrogens with one attached hydrogen (secondary N) is 1. The first-order valence-corrected chi connectivity index (χ1v) is 7.00. The molecule has 0 saturated carbocycles. The van der Waals surface area contributed by atoms with E-state index in [9.17, 15) is 0 Å². The molecule has 0 saturated heterocycles. The van der Waals surface area contributed by atoms with Crippen molar-refractivity contribution >= 4 is 0 Å². The molecule has 0 aliphatic carbocycles. The summed E-state index contributed by atoms with van der Waals surface area (Å²) in [5, 5.41) is 3.59. The number of hydrogen-bond acceptors (Lipinski definition) is 3. The summed E-state index contributed by atoms with van der Waals surface area (Å²) in [6.45, 7) is 7.99. The standard InChI is InChI=1S/C14H27NO2/c1-3-8-15-14(7-11-16-9-4-2)13-6-5-10-17-12-13/h12,14-15H,3-11H2,1-2H3. The Morgan fingerprint density at radius 2 is 2.24 bits per heavy atom. The van der Waals surface area contributed by atoms with Crippen LogP contribution in [-0.2, 0) is 9.47 Å². The molecule has 17 heavy (non-hydrogen) atoms. The van der Waals surface area contributed by atoms with Crippen molar-refractivity contribution in [3.8, 4) is 0 Å². The number of rotatable bonds is 9. The lowest BCUT2D eigenvalue weighted by Gasteiger charge is -2.24. The Labute approximate surface area is 106 Å². The molecule has 0 bridgehead atoms. The first kappa shape index (κ1) is 14.5. The summed E-state index contributed by atoms with van der Waals surface area (Å²) < 4.78 is 11.0. The van der Waals surface area contributed by atoms with Crippen molar-refractivity contribution in [2.75, 3.05) is 26.4 Å². The van der Waals surface area contributed by atoms with Crippen molar-refractivity contribution < 1.29 is 9.47 Å². The molecule has 1 heterocycles. The fourth-order valence-electron chi connectivity index (χ4n) is 2.03. The van der Waals surface area contributed by atoms with Crippen molar-refractivity contribution in [1.29, 1.82) is 0 Å². The van der Waals surface area contributed by atoms with Crippen molar-refractivity contribution in [3.63, 3.8) is 0 Å². The van der Waals surface area contributed by atoms with Gasteiger partial charge in [0, 0.05) is 19.3 Å². The summed E-state index contributed by atoms with van der Waals surface area (Å²) in [7, 11) is 0. The molecule has 1 aliphatic rings. The van der Waals surface area contributed by atoms with Crippen LogP contribution in [0.5, 0.6) is 0 Å². The quantitative estimate of drug-likeness (QED) is 0.630. The highest BCUT2D eigenvalue weighted by atomic mass is 16.5. The first-order valence-electron chi connectivity index (χ1n) is 7.00. The molecule has 1 atom stereocenters. The van der Waals surface area contributed by atoms with E-state index in [4.69, 9.17) is 9.47 Å². The fraction of sp³-hybridized carbons (Fsp3) is 0.857. The predicted octanol–water partition coefficient (Wildman–Crippen LogP) is 2.87. The van der Waals surface area contributed by atoms with E-state index in [1.807, 2.05) is 6.26 Å². The monoisotopic (exact) mass is 241 g/mol. The Morgan fingerprint density at radius 3 is 2.88 bits per heavy atom. The molecule has 3 nitrogen and oxygen atoms in total. The van der Waals surface area contributed by atoms with Gasteiger partial charge in [-0.25, -0.2) is 0 Å². The van der Waals surface area contributed by atoms with Crippen molar-refractivity contribution in [2.45, 2.75) is 52.0 Å². The van der Waals surface area contributed by atoms with Crippen LogP contribution >= 0.6 is 0 Å². The van der Waals surface area contributed by atoms with Gasteiger partial charge in [-0.05, 0) is 44.2 Å². The third-order valence-electron chi connectivity index (χ3n) is 2.95. The molecule has 0 fully saturated rings. The summed E-state index contributed by atoms with van der Waals surface area (Å²) in [5.74, 6) is 0. The molecule has 1 aliphatic heterocycles. The van der Waals surface area contributed by atoms with Crippen molar-refractivity contribution in [3.05, 3.63) is 11.8 Å². The van der Waals surface area contributed by atoms with Gasteiger partial charge in [0.2, 0.25) is 0 Å². The summed E-state index contributed by atoms with van der Waals surface area (Å²) in [6, 6.07) is 0.437. The molecule has 1 N–H and O–H groups in total.